The van der Waals surface area contributed by atoms with Crippen LogP contribution in [0.2, 0.25) is 0 Å². The maximum atomic E-state index is 11.5. The number of fused-ring (bicyclic) bond motifs is 1. The molecular weight excluding hydrogens is 350 g/mol. The number of nitrogens with zero attached hydrogens (tertiary/aromatic N) is 1. The summed E-state index contributed by atoms with van der Waals surface area (Å²) in [5, 5.41) is 1.03. The van der Waals surface area contributed by atoms with Gasteiger partial charge < -0.3 is 15.0 Å². The zero-order chi connectivity index (χ0) is 19.1. The number of aromatic nitrogens is 1. The average Bonchev–Trinajstić information content (AvgIpc) is 2.93. The first-order valence-corrected chi connectivity index (χ1v) is 10.1. The minimum Gasteiger partial charge on any atom is -0.495 e. The van der Waals surface area contributed by atoms with Crippen LogP contribution < -0.4 is 15.2 Å². The van der Waals surface area contributed by atoms with E-state index in [9.17, 15) is 8.42 Å². The number of nitrogens with two attached hydrogens (primary N) is 1. The normalized spacial score (nSPS) is 11.9. The zero-order valence-corrected chi connectivity index (χ0v) is 16.1. The van der Waals surface area contributed by atoms with Crippen LogP contribution in [0.5, 0.6) is 5.75 Å². The van der Waals surface area contributed by atoms with E-state index in [0.717, 1.165) is 28.3 Å². The van der Waals surface area contributed by atoms with Gasteiger partial charge in [-0.25, -0.2) is 8.42 Å². The Balaban J connectivity index is 2.21. The first-order valence-electron chi connectivity index (χ1n) is 8.26. The van der Waals surface area contributed by atoms with Crippen LogP contribution in [0.3, 0.4) is 0 Å². The molecule has 0 saturated heterocycles. The van der Waals surface area contributed by atoms with Crippen LogP contribution in [0, 0.1) is 0 Å². The third-order valence-corrected chi connectivity index (χ3v) is 4.84. The fourth-order valence-corrected chi connectivity index (χ4v) is 3.62. The number of hydrogen-bond donors (Lipinski definition) is 2. The predicted octanol–water partition coefficient (Wildman–Crippen LogP) is 3.85. The molecule has 0 unspecified atom stereocenters. The number of ether oxygens (including phenoxy) is 1. The molecule has 3 rings (SSSR count). The molecule has 2 aromatic carbocycles. The van der Waals surface area contributed by atoms with Crippen LogP contribution in [0.1, 0.15) is 19.9 Å². The summed E-state index contributed by atoms with van der Waals surface area (Å²) in [4.78, 5) is 0. The van der Waals surface area contributed by atoms with Gasteiger partial charge in [-0.3, -0.25) is 4.72 Å². The molecule has 3 N–H and O–H groups in total. The topological polar surface area (TPSA) is 86.3 Å². The number of sulfonamides is 1. The molecule has 7 heteroatoms. The summed E-state index contributed by atoms with van der Waals surface area (Å²) >= 11 is 0. The Morgan fingerprint density at radius 3 is 2.50 bits per heavy atom. The first-order chi connectivity index (χ1) is 12.2. The Morgan fingerprint density at radius 1 is 1.15 bits per heavy atom. The average molecular weight is 373 g/mol. The van der Waals surface area contributed by atoms with Crippen LogP contribution in [0.15, 0.2) is 42.6 Å². The van der Waals surface area contributed by atoms with Crippen molar-refractivity contribution in [3.05, 3.63) is 42.6 Å². The van der Waals surface area contributed by atoms with Gasteiger partial charge in [-0.05, 0) is 43.7 Å². The van der Waals surface area contributed by atoms with Crippen LogP contribution >= 0.6 is 0 Å². The number of methoxy groups -OCH3 is 1. The molecule has 0 fully saturated rings. The molecule has 26 heavy (non-hydrogen) atoms. The molecular formula is C19H23N3O3S. The van der Waals surface area contributed by atoms with E-state index >= 15 is 0 Å². The minimum atomic E-state index is -3.33. The second-order valence-electron chi connectivity index (χ2n) is 6.61. The number of anilines is 2. The molecule has 0 radical (unpaired) electrons. The number of hydrogen-bond acceptors (Lipinski definition) is 4. The maximum Gasteiger partial charge on any atom is 0.229 e. The number of nitrogen functional groups attached to an aromatic ring is 1. The van der Waals surface area contributed by atoms with E-state index in [1.54, 1.807) is 13.2 Å². The van der Waals surface area contributed by atoms with E-state index in [0.29, 0.717) is 17.1 Å². The van der Waals surface area contributed by atoms with Crippen molar-refractivity contribution in [3.8, 4) is 16.9 Å². The Hall–Kier alpha value is -2.67. The number of rotatable bonds is 5. The lowest BCUT2D eigenvalue weighted by atomic mass is 10.0. The van der Waals surface area contributed by atoms with E-state index in [-0.39, 0.29) is 6.04 Å². The summed E-state index contributed by atoms with van der Waals surface area (Å²) in [5.74, 6) is 0.628. The number of benzene rings is 2. The van der Waals surface area contributed by atoms with Crippen molar-refractivity contribution in [1.29, 1.82) is 0 Å². The van der Waals surface area contributed by atoms with E-state index in [1.807, 2.05) is 30.3 Å². The number of nitrogens with one attached hydrogen (secondary N) is 1. The molecule has 1 heterocycles. The first kappa shape index (κ1) is 18.1. The molecule has 0 aliphatic heterocycles. The molecule has 0 bridgehead atoms. The van der Waals surface area contributed by atoms with E-state index in [4.69, 9.17) is 10.5 Å². The van der Waals surface area contributed by atoms with Gasteiger partial charge >= 0.3 is 0 Å². The van der Waals surface area contributed by atoms with Crippen molar-refractivity contribution in [2.75, 3.05) is 23.8 Å². The molecule has 0 amide bonds. The molecule has 0 spiro atoms. The van der Waals surface area contributed by atoms with Crippen molar-refractivity contribution < 1.29 is 13.2 Å². The second-order valence-corrected chi connectivity index (χ2v) is 8.36. The fourth-order valence-electron chi connectivity index (χ4n) is 3.06. The quantitative estimate of drug-likeness (QED) is 0.665. The third kappa shape index (κ3) is 3.48. The van der Waals surface area contributed by atoms with Crippen LogP contribution in [-0.4, -0.2) is 26.4 Å². The lowest BCUT2D eigenvalue weighted by Gasteiger charge is -2.10. The summed E-state index contributed by atoms with van der Waals surface area (Å²) in [6.07, 6.45) is 3.22. The smallest absolute Gasteiger partial charge is 0.229 e. The van der Waals surface area contributed by atoms with Crippen LogP contribution in [0.4, 0.5) is 11.4 Å². The highest BCUT2D eigenvalue weighted by atomic mass is 32.2. The molecule has 0 aliphatic carbocycles. The van der Waals surface area contributed by atoms with Gasteiger partial charge in [-0.2, -0.15) is 0 Å². The molecule has 6 nitrogen and oxygen atoms in total. The summed E-state index contributed by atoms with van der Waals surface area (Å²) in [6.45, 7) is 4.17. The highest BCUT2D eigenvalue weighted by Crippen LogP contribution is 2.36. The van der Waals surface area contributed by atoms with Gasteiger partial charge in [0.05, 0.1) is 30.3 Å². The van der Waals surface area contributed by atoms with Crippen molar-refractivity contribution >= 4 is 32.3 Å². The van der Waals surface area contributed by atoms with E-state index < -0.39 is 10.0 Å². The van der Waals surface area contributed by atoms with Crippen molar-refractivity contribution in [2.24, 2.45) is 0 Å². The molecule has 138 valence electrons. The van der Waals surface area contributed by atoms with Gasteiger partial charge in [-0.1, -0.05) is 12.1 Å². The summed E-state index contributed by atoms with van der Waals surface area (Å²) < 4.78 is 33.1. The van der Waals surface area contributed by atoms with Crippen molar-refractivity contribution in [1.82, 2.24) is 4.57 Å². The highest BCUT2D eigenvalue weighted by molar-refractivity contribution is 7.92. The Morgan fingerprint density at radius 2 is 1.88 bits per heavy atom. The maximum absolute atomic E-state index is 11.5. The van der Waals surface area contributed by atoms with Gasteiger partial charge in [0.25, 0.3) is 0 Å². The van der Waals surface area contributed by atoms with Crippen molar-refractivity contribution in [3.63, 3.8) is 0 Å². The Labute approximate surface area is 153 Å². The van der Waals surface area contributed by atoms with Crippen LogP contribution in [0.25, 0.3) is 22.0 Å². The Bertz CT molecular complexity index is 1070. The van der Waals surface area contributed by atoms with Gasteiger partial charge in [0, 0.05) is 23.2 Å². The summed E-state index contributed by atoms with van der Waals surface area (Å²) in [7, 11) is -1.73. The monoisotopic (exact) mass is 373 g/mol. The second kappa shape index (κ2) is 6.57. The lowest BCUT2D eigenvalue weighted by Crippen LogP contribution is -2.09. The van der Waals surface area contributed by atoms with E-state index in [2.05, 4.69) is 29.3 Å². The van der Waals surface area contributed by atoms with Gasteiger partial charge in [-0.15, -0.1) is 0 Å². The Kier molecular flexibility index (Phi) is 4.58. The summed E-state index contributed by atoms with van der Waals surface area (Å²) in [6, 6.07) is 11.5. The highest BCUT2D eigenvalue weighted by Gasteiger charge is 2.15. The zero-order valence-electron chi connectivity index (χ0n) is 15.3. The fraction of sp³-hybridized carbons (Fsp3) is 0.263. The molecule has 0 atom stereocenters. The predicted molar refractivity (Wildman–Crippen MR) is 107 cm³/mol. The van der Waals surface area contributed by atoms with Gasteiger partial charge in [0.1, 0.15) is 5.75 Å². The molecule has 1 aromatic heterocycles. The SMILES string of the molecule is COc1cc(-c2cn(C(C)C)c3cc(NS(C)(=O)=O)ccc23)ccc1N. The summed E-state index contributed by atoms with van der Waals surface area (Å²) in [5.41, 5.74) is 10.0. The van der Waals surface area contributed by atoms with Crippen LogP contribution in [-0.2, 0) is 10.0 Å². The van der Waals surface area contributed by atoms with Gasteiger partial charge in [0.2, 0.25) is 10.0 Å². The molecule has 0 aliphatic rings. The third-order valence-electron chi connectivity index (χ3n) is 4.24. The minimum absolute atomic E-state index is 0.218. The lowest BCUT2D eigenvalue weighted by molar-refractivity contribution is 0.417. The van der Waals surface area contributed by atoms with Gasteiger partial charge in [0.15, 0.2) is 0 Å². The molecule has 0 saturated carbocycles. The van der Waals surface area contributed by atoms with Crippen molar-refractivity contribution in [2.45, 2.75) is 19.9 Å². The largest absolute Gasteiger partial charge is 0.495 e. The standard InChI is InChI=1S/C19H23N3O3S/c1-12(2)22-11-16(13-5-8-17(20)19(9-13)25-3)15-7-6-14(10-18(15)22)21-26(4,23)24/h5-12,21H,20H2,1-4H3. The van der Waals surface area contributed by atoms with E-state index in [1.165, 1.54) is 0 Å². The molecule has 3 aromatic rings.